The van der Waals surface area contributed by atoms with Gasteiger partial charge in [0, 0.05) is 6.54 Å². The molecule has 1 atom stereocenters. The summed E-state index contributed by atoms with van der Waals surface area (Å²) in [6, 6.07) is 0. The van der Waals surface area contributed by atoms with Crippen LogP contribution in [0.15, 0.2) is 0 Å². The maximum absolute atomic E-state index is 12.3. The number of aliphatic hydroxyl groups is 1. The zero-order chi connectivity index (χ0) is 14.2. The topological polar surface area (TPSA) is 49.5 Å². The summed E-state index contributed by atoms with van der Waals surface area (Å²) in [6.07, 6.45) is -1.98. The molecule has 0 radical (unpaired) electrons. The second-order valence-electron chi connectivity index (χ2n) is 4.78. The van der Waals surface area contributed by atoms with E-state index in [4.69, 9.17) is 5.73 Å². The largest absolute Gasteiger partial charge is 0.401 e. The second kappa shape index (κ2) is 7.96. The molecule has 0 aromatic rings. The van der Waals surface area contributed by atoms with E-state index in [-0.39, 0.29) is 6.54 Å². The monoisotopic (exact) mass is 270 g/mol. The van der Waals surface area contributed by atoms with E-state index in [0.29, 0.717) is 38.8 Å². The predicted octanol–water partition coefficient (Wildman–Crippen LogP) is 2.14. The van der Waals surface area contributed by atoms with E-state index in [0.717, 1.165) is 0 Å². The molecular weight excluding hydrogens is 245 g/mol. The van der Waals surface area contributed by atoms with Crippen LogP contribution in [0.25, 0.3) is 0 Å². The van der Waals surface area contributed by atoms with Gasteiger partial charge in [-0.3, -0.25) is 4.90 Å². The van der Waals surface area contributed by atoms with Gasteiger partial charge in [0.2, 0.25) is 0 Å². The molecule has 3 nitrogen and oxygen atoms in total. The minimum Gasteiger partial charge on any atom is -0.389 e. The molecule has 0 bridgehead atoms. The summed E-state index contributed by atoms with van der Waals surface area (Å²) in [7, 11) is 0. The van der Waals surface area contributed by atoms with Gasteiger partial charge in [-0.2, -0.15) is 13.2 Å². The van der Waals surface area contributed by atoms with E-state index in [9.17, 15) is 18.3 Å². The smallest absolute Gasteiger partial charge is 0.389 e. The van der Waals surface area contributed by atoms with Crippen molar-refractivity contribution in [2.75, 3.05) is 26.2 Å². The molecule has 0 aromatic carbocycles. The second-order valence-corrected chi connectivity index (χ2v) is 4.78. The van der Waals surface area contributed by atoms with Crippen molar-refractivity contribution in [2.24, 2.45) is 5.73 Å². The first-order valence-electron chi connectivity index (χ1n) is 6.48. The molecule has 3 N–H and O–H groups in total. The fraction of sp³-hybridized carbons (Fsp3) is 1.00. The average molecular weight is 270 g/mol. The highest BCUT2D eigenvalue weighted by Crippen LogP contribution is 2.19. The average Bonchev–Trinajstić information content (AvgIpc) is 2.27. The number of nitrogens with zero attached hydrogens (tertiary/aromatic N) is 1. The summed E-state index contributed by atoms with van der Waals surface area (Å²) >= 11 is 0. The van der Waals surface area contributed by atoms with Gasteiger partial charge in [0.25, 0.3) is 0 Å². The van der Waals surface area contributed by atoms with Crippen molar-refractivity contribution in [1.82, 2.24) is 4.90 Å². The van der Waals surface area contributed by atoms with E-state index < -0.39 is 18.3 Å². The highest BCUT2D eigenvalue weighted by molar-refractivity contribution is 4.78. The first-order chi connectivity index (χ1) is 8.26. The molecule has 0 spiro atoms. The van der Waals surface area contributed by atoms with Crippen LogP contribution in [0.1, 0.15) is 39.5 Å². The van der Waals surface area contributed by atoms with Gasteiger partial charge >= 0.3 is 6.18 Å². The van der Waals surface area contributed by atoms with Gasteiger partial charge in [-0.15, -0.1) is 0 Å². The molecule has 110 valence electrons. The van der Waals surface area contributed by atoms with Crippen LogP contribution in [-0.4, -0.2) is 48.0 Å². The summed E-state index contributed by atoms with van der Waals surface area (Å²) in [6.45, 7) is 3.71. The molecule has 0 saturated heterocycles. The van der Waals surface area contributed by atoms with Crippen molar-refractivity contribution in [3.8, 4) is 0 Å². The summed E-state index contributed by atoms with van der Waals surface area (Å²) in [5, 5.41) is 9.94. The van der Waals surface area contributed by atoms with Gasteiger partial charge in [-0.1, -0.05) is 13.8 Å². The lowest BCUT2D eigenvalue weighted by Crippen LogP contribution is -2.39. The van der Waals surface area contributed by atoms with Crippen molar-refractivity contribution in [2.45, 2.75) is 51.3 Å². The van der Waals surface area contributed by atoms with E-state index in [1.54, 1.807) is 0 Å². The number of alkyl halides is 3. The Kier molecular flexibility index (Phi) is 7.82. The Morgan fingerprint density at radius 1 is 1.17 bits per heavy atom. The minimum atomic E-state index is -4.16. The fourth-order valence-electron chi connectivity index (χ4n) is 1.89. The Morgan fingerprint density at radius 3 is 2.17 bits per heavy atom. The van der Waals surface area contributed by atoms with Crippen LogP contribution in [0.2, 0.25) is 0 Å². The zero-order valence-electron chi connectivity index (χ0n) is 11.3. The Hall–Kier alpha value is -0.330. The molecular formula is C12H25F3N2O. The number of hydrogen-bond donors (Lipinski definition) is 2. The van der Waals surface area contributed by atoms with E-state index in [2.05, 4.69) is 0 Å². The maximum Gasteiger partial charge on any atom is 0.401 e. The number of hydrogen-bond acceptors (Lipinski definition) is 3. The molecule has 0 rings (SSSR count). The first-order valence-corrected chi connectivity index (χ1v) is 6.48. The van der Waals surface area contributed by atoms with Gasteiger partial charge < -0.3 is 10.8 Å². The van der Waals surface area contributed by atoms with Gasteiger partial charge in [0.05, 0.1) is 12.1 Å². The first kappa shape index (κ1) is 17.7. The molecule has 0 saturated carbocycles. The van der Waals surface area contributed by atoms with Crippen LogP contribution in [0, 0.1) is 0 Å². The quantitative estimate of drug-likeness (QED) is 0.675. The summed E-state index contributed by atoms with van der Waals surface area (Å²) in [4.78, 5) is 1.38. The van der Waals surface area contributed by atoms with E-state index >= 15 is 0 Å². The molecule has 0 fully saturated rings. The molecule has 18 heavy (non-hydrogen) atoms. The maximum atomic E-state index is 12.3. The Morgan fingerprint density at radius 2 is 1.78 bits per heavy atom. The van der Waals surface area contributed by atoms with Crippen molar-refractivity contribution in [3.63, 3.8) is 0 Å². The normalized spacial score (nSPS) is 16.0. The summed E-state index contributed by atoms with van der Waals surface area (Å²) in [5.74, 6) is 0. The third-order valence-corrected chi connectivity index (χ3v) is 3.10. The van der Waals surface area contributed by atoms with Gasteiger partial charge in [-0.05, 0) is 38.8 Å². The van der Waals surface area contributed by atoms with Crippen LogP contribution in [0.4, 0.5) is 13.2 Å². The minimum absolute atomic E-state index is 0.149. The van der Waals surface area contributed by atoms with Crippen LogP contribution < -0.4 is 5.73 Å². The van der Waals surface area contributed by atoms with Crippen LogP contribution in [0.3, 0.4) is 0 Å². The highest BCUT2D eigenvalue weighted by Gasteiger charge is 2.30. The molecule has 0 heterocycles. The Labute approximate surface area is 107 Å². The number of rotatable bonds is 9. The lowest BCUT2D eigenvalue weighted by Gasteiger charge is -2.27. The number of halogens is 3. The van der Waals surface area contributed by atoms with E-state index in [1.807, 2.05) is 13.8 Å². The lowest BCUT2D eigenvalue weighted by atomic mass is 9.95. The summed E-state index contributed by atoms with van der Waals surface area (Å²) < 4.78 is 36.9. The van der Waals surface area contributed by atoms with Crippen molar-refractivity contribution in [1.29, 1.82) is 0 Å². The zero-order valence-corrected chi connectivity index (χ0v) is 11.3. The number of nitrogens with two attached hydrogens (primary N) is 1. The fourth-order valence-corrected chi connectivity index (χ4v) is 1.89. The van der Waals surface area contributed by atoms with E-state index in [1.165, 1.54) is 4.90 Å². The Balaban J connectivity index is 4.11. The lowest BCUT2D eigenvalue weighted by molar-refractivity contribution is -0.146. The Bertz CT molecular complexity index is 218. The molecule has 0 amide bonds. The van der Waals surface area contributed by atoms with Gasteiger partial charge in [0.1, 0.15) is 0 Å². The summed E-state index contributed by atoms with van der Waals surface area (Å²) in [5.41, 5.74) is 4.52. The SMILES string of the molecule is CCCN(CCCC(O)(CC)CN)CC(F)(F)F. The van der Waals surface area contributed by atoms with Crippen LogP contribution in [-0.2, 0) is 0 Å². The molecule has 0 aliphatic carbocycles. The molecule has 0 aromatic heterocycles. The molecule has 0 aliphatic rings. The highest BCUT2D eigenvalue weighted by atomic mass is 19.4. The third kappa shape index (κ3) is 7.89. The van der Waals surface area contributed by atoms with Crippen molar-refractivity contribution in [3.05, 3.63) is 0 Å². The predicted molar refractivity (Wildman–Crippen MR) is 66.3 cm³/mol. The third-order valence-electron chi connectivity index (χ3n) is 3.10. The van der Waals surface area contributed by atoms with Gasteiger partial charge in [0.15, 0.2) is 0 Å². The van der Waals surface area contributed by atoms with Crippen LogP contribution in [0.5, 0.6) is 0 Å². The van der Waals surface area contributed by atoms with Crippen LogP contribution >= 0.6 is 0 Å². The van der Waals surface area contributed by atoms with Gasteiger partial charge in [-0.25, -0.2) is 0 Å². The molecule has 6 heteroatoms. The molecule has 1 unspecified atom stereocenters. The van der Waals surface area contributed by atoms with Crippen molar-refractivity contribution >= 4 is 0 Å². The van der Waals surface area contributed by atoms with Crippen molar-refractivity contribution < 1.29 is 18.3 Å². The molecule has 0 aliphatic heterocycles. The standard InChI is InChI=1S/C12H25F3N2O/c1-3-7-17(10-12(13,14)15)8-5-6-11(18,4-2)9-16/h18H,3-10,16H2,1-2H3.